The molecule has 4 heteroatoms. The Morgan fingerprint density at radius 1 is 1.04 bits per heavy atom. The number of methoxy groups -OCH3 is 1. The number of fused-ring (bicyclic) bond motifs is 1. The van der Waals surface area contributed by atoms with Crippen molar-refractivity contribution < 1.29 is 9.13 Å². The van der Waals surface area contributed by atoms with Crippen LogP contribution in [0.2, 0.25) is 0 Å². The molecular formula is C23H29FN2O. The van der Waals surface area contributed by atoms with Crippen LogP contribution < -0.4 is 4.74 Å². The van der Waals surface area contributed by atoms with Crippen LogP contribution in [0.25, 0.3) is 0 Å². The summed E-state index contributed by atoms with van der Waals surface area (Å²) in [6.07, 6.45) is 4.70. The number of hydrogen-bond donors (Lipinski definition) is 0. The summed E-state index contributed by atoms with van der Waals surface area (Å²) in [5.41, 5.74) is 4.18. The van der Waals surface area contributed by atoms with Gasteiger partial charge in [-0.15, -0.1) is 0 Å². The summed E-state index contributed by atoms with van der Waals surface area (Å²) in [4.78, 5) is 5.20. The van der Waals surface area contributed by atoms with E-state index in [1.165, 1.54) is 36.0 Å². The first kappa shape index (κ1) is 18.5. The minimum atomic E-state index is -0.156. The van der Waals surface area contributed by atoms with Gasteiger partial charge >= 0.3 is 0 Å². The molecule has 144 valence electrons. The summed E-state index contributed by atoms with van der Waals surface area (Å²) in [6.45, 7) is 5.50. The molecule has 1 aliphatic carbocycles. The smallest absolute Gasteiger partial charge is 0.123 e. The number of nitrogens with zero attached hydrogens (tertiary/aromatic N) is 2. The van der Waals surface area contributed by atoms with Crippen LogP contribution in [-0.2, 0) is 12.8 Å². The molecule has 0 N–H and O–H groups in total. The van der Waals surface area contributed by atoms with Crippen LogP contribution in [0.4, 0.5) is 4.39 Å². The van der Waals surface area contributed by atoms with Crippen LogP contribution >= 0.6 is 0 Å². The third kappa shape index (κ3) is 4.33. The van der Waals surface area contributed by atoms with Crippen LogP contribution in [0.15, 0.2) is 42.5 Å². The van der Waals surface area contributed by atoms with E-state index in [-0.39, 0.29) is 5.82 Å². The van der Waals surface area contributed by atoms with Gasteiger partial charge in [-0.3, -0.25) is 4.90 Å². The van der Waals surface area contributed by atoms with Crippen LogP contribution in [-0.4, -0.2) is 49.6 Å². The van der Waals surface area contributed by atoms with E-state index in [9.17, 15) is 4.39 Å². The van der Waals surface area contributed by atoms with Gasteiger partial charge in [0, 0.05) is 38.8 Å². The zero-order chi connectivity index (χ0) is 18.6. The highest BCUT2D eigenvalue weighted by molar-refractivity contribution is 5.39. The van der Waals surface area contributed by atoms with Crippen LogP contribution in [0.5, 0.6) is 5.75 Å². The lowest BCUT2D eigenvalue weighted by Gasteiger charge is -2.41. The molecule has 0 bridgehead atoms. The zero-order valence-electron chi connectivity index (χ0n) is 16.2. The Kier molecular flexibility index (Phi) is 5.74. The highest BCUT2D eigenvalue weighted by Crippen LogP contribution is 2.36. The fourth-order valence-electron chi connectivity index (χ4n) is 4.50. The van der Waals surface area contributed by atoms with E-state index in [1.54, 1.807) is 19.2 Å². The Bertz CT molecular complexity index is 753. The van der Waals surface area contributed by atoms with Gasteiger partial charge in [-0.1, -0.05) is 18.2 Å². The summed E-state index contributed by atoms with van der Waals surface area (Å²) >= 11 is 0. The molecule has 2 aliphatic rings. The summed E-state index contributed by atoms with van der Waals surface area (Å²) < 4.78 is 18.5. The molecule has 3 nitrogen and oxygen atoms in total. The van der Waals surface area contributed by atoms with Crippen LogP contribution in [0.3, 0.4) is 0 Å². The average molecular weight is 368 g/mol. The van der Waals surface area contributed by atoms with E-state index in [0.717, 1.165) is 44.9 Å². The Hall–Kier alpha value is -1.91. The van der Waals surface area contributed by atoms with Crippen molar-refractivity contribution in [3.8, 4) is 5.75 Å². The maximum Gasteiger partial charge on any atom is 0.123 e. The van der Waals surface area contributed by atoms with Gasteiger partial charge in [-0.2, -0.15) is 0 Å². The van der Waals surface area contributed by atoms with Crippen molar-refractivity contribution in [3.63, 3.8) is 0 Å². The van der Waals surface area contributed by atoms with Crippen LogP contribution in [0.1, 0.15) is 35.6 Å². The van der Waals surface area contributed by atoms with Gasteiger partial charge in [0.05, 0.1) is 7.11 Å². The highest BCUT2D eigenvalue weighted by atomic mass is 19.1. The molecule has 1 saturated heterocycles. The predicted octanol–water partition coefficient (Wildman–Crippen LogP) is 4.07. The second-order valence-corrected chi connectivity index (χ2v) is 7.73. The fraction of sp³-hybridized carbons (Fsp3) is 0.478. The second kappa shape index (κ2) is 8.41. The molecule has 0 aromatic heterocycles. The average Bonchev–Trinajstić information content (AvgIpc) is 2.73. The van der Waals surface area contributed by atoms with Crippen molar-refractivity contribution in [3.05, 3.63) is 65.0 Å². The van der Waals surface area contributed by atoms with Crippen LogP contribution in [0, 0.1) is 5.82 Å². The van der Waals surface area contributed by atoms with E-state index in [1.807, 2.05) is 12.1 Å². The summed E-state index contributed by atoms with van der Waals surface area (Å²) in [5, 5.41) is 0. The summed E-state index contributed by atoms with van der Waals surface area (Å²) in [7, 11) is 1.75. The maximum atomic E-state index is 13.0. The first-order valence-corrected chi connectivity index (χ1v) is 10.1. The molecule has 27 heavy (non-hydrogen) atoms. The molecule has 1 atom stereocenters. The lowest BCUT2D eigenvalue weighted by Crippen LogP contribution is -2.48. The molecule has 4 rings (SSSR count). The lowest BCUT2D eigenvalue weighted by molar-refractivity contribution is 0.0886. The lowest BCUT2D eigenvalue weighted by atomic mass is 9.86. The molecule has 0 spiro atoms. The molecule has 1 heterocycles. The fourth-order valence-corrected chi connectivity index (χ4v) is 4.50. The molecular weight excluding hydrogens is 339 g/mol. The highest BCUT2D eigenvalue weighted by Gasteiger charge is 2.28. The monoisotopic (exact) mass is 368 g/mol. The minimum absolute atomic E-state index is 0.156. The number of hydrogen-bond acceptors (Lipinski definition) is 3. The van der Waals surface area contributed by atoms with E-state index in [2.05, 4.69) is 28.0 Å². The minimum Gasteiger partial charge on any atom is -0.497 e. The number of aryl methyl sites for hydroxylation is 1. The maximum absolute atomic E-state index is 13.0. The Labute approximate surface area is 161 Å². The number of halogens is 1. The Morgan fingerprint density at radius 3 is 2.56 bits per heavy atom. The third-order valence-corrected chi connectivity index (χ3v) is 6.11. The first-order valence-electron chi connectivity index (χ1n) is 10.1. The van der Waals surface area contributed by atoms with Crippen molar-refractivity contribution in [2.24, 2.45) is 0 Å². The number of benzene rings is 2. The van der Waals surface area contributed by atoms with Gasteiger partial charge < -0.3 is 9.64 Å². The number of piperazine rings is 1. The van der Waals surface area contributed by atoms with Gasteiger partial charge in [0.25, 0.3) is 0 Å². The quantitative estimate of drug-likeness (QED) is 0.791. The normalized spacial score (nSPS) is 21.0. The molecule has 0 amide bonds. The first-order chi connectivity index (χ1) is 13.2. The van der Waals surface area contributed by atoms with Crippen molar-refractivity contribution in [2.45, 2.75) is 31.7 Å². The predicted molar refractivity (Wildman–Crippen MR) is 107 cm³/mol. The summed E-state index contributed by atoms with van der Waals surface area (Å²) in [6, 6.07) is 14.0. The van der Waals surface area contributed by atoms with Gasteiger partial charge in [0.2, 0.25) is 0 Å². The SMILES string of the molecule is COc1ccc2c(c1)C(N1CCN(CCc3ccc(F)cc3)CC1)CCC2. The van der Waals surface area contributed by atoms with Crippen molar-refractivity contribution in [2.75, 3.05) is 39.8 Å². The van der Waals surface area contributed by atoms with Crippen molar-refractivity contribution in [1.29, 1.82) is 0 Å². The second-order valence-electron chi connectivity index (χ2n) is 7.73. The van der Waals surface area contributed by atoms with Gasteiger partial charge in [0.15, 0.2) is 0 Å². The standard InChI is InChI=1S/C23H29FN2O/c1-27-21-10-7-19-3-2-4-23(22(19)17-21)26-15-13-25(14-16-26)12-11-18-5-8-20(24)9-6-18/h5-10,17,23H,2-4,11-16H2,1H3. The topological polar surface area (TPSA) is 15.7 Å². The molecule has 1 fully saturated rings. The van der Waals surface area contributed by atoms with E-state index in [4.69, 9.17) is 4.74 Å². The third-order valence-electron chi connectivity index (χ3n) is 6.11. The zero-order valence-corrected chi connectivity index (χ0v) is 16.2. The van der Waals surface area contributed by atoms with E-state index in [0.29, 0.717) is 6.04 Å². The Morgan fingerprint density at radius 2 is 1.81 bits per heavy atom. The number of rotatable bonds is 5. The Balaban J connectivity index is 1.34. The van der Waals surface area contributed by atoms with Gasteiger partial charge in [-0.05, 0) is 66.6 Å². The summed E-state index contributed by atoms with van der Waals surface area (Å²) in [5.74, 6) is 0.815. The molecule has 1 aliphatic heterocycles. The van der Waals surface area contributed by atoms with Crippen molar-refractivity contribution in [1.82, 2.24) is 9.80 Å². The van der Waals surface area contributed by atoms with E-state index >= 15 is 0 Å². The van der Waals surface area contributed by atoms with Gasteiger partial charge in [0.1, 0.15) is 11.6 Å². The molecule has 2 aromatic rings. The largest absolute Gasteiger partial charge is 0.497 e. The molecule has 0 radical (unpaired) electrons. The molecule has 0 saturated carbocycles. The van der Waals surface area contributed by atoms with Crippen molar-refractivity contribution >= 4 is 0 Å². The van der Waals surface area contributed by atoms with Gasteiger partial charge in [-0.25, -0.2) is 4.39 Å². The molecule has 2 aromatic carbocycles. The number of ether oxygens (including phenoxy) is 1. The van der Waals surface area contributed by atoms with E-state index < -0.39 is 0 Å². The molecule has 1 unspecified atom stereocenters.